The number of unbranched alkanes of at least 4 members (excludes halogenated alkanes) is 1. The molecule has 126 valence electrons. The van der Waals surface area contributed by atoms with Crippen molar-refractivity contribution < 1.29 is 0 Å². The highest BCUT2D eigenvalue weighted by Crippen LogP contribution is 2.21. The number of hydrogen-bond donors (Lipinski definition) is 0. The fourth-order valence-electron chi connectivity index (χ4n) is 3.07. The Labute approximate surface area is 147 Å². The molecule has 0 aliphatic rings. The Kier molecular flexibility index (Phi) is 7.06. The van der Waals surface area contributed by atoms with Gasteiger partial charge in [0, 0.05) is 0 Å². The van der Waals surface area contributed by atoms with Crippen LogP contribution in [0.3, 0.4) is 0 Å². The number of benzene rings is 2. The molecule has 0 radical (unpaired) electrons. The molecular formula is C24H30. The van der Waals surface area contributed by atoms with Crippen LogP contribution in [0.25, 0.3) is 11.6 Å². The Balaban J connectivity index is 2.21. The number of rotatable bonds is 7. The van der Waals surface area contributed by atoms with Crippen molar-refractivity contribution in [1.82, 2.24) is 0 Å². The molecule has 0 spiro atoms. The summed E-state index contributed by atoms with van der Waals surface area (Å²) in [5.41, 5.74) is 8.29. The quantitative estimate of drug-likeness (QED) is 0.514. The van der Waals surface area contributed by atoms with E-state index in [1.54, 1.807) is 0 Å². The minimum absolute atomic E-state index is 0.983. The first-order chi connectivity index (χ1) is 11.7. The Morgan fingerprint density at radius 1 is 1.08 bits per heavy atom. The number of allylic oxidation sites excluding steroid dienone is 3. The molecule has 2 aromatic carbocycles. The maximum Gasteiger partial charge on any atom is -0.00829 e. The molecule has 0 nitrogen and oxygen atoms in total. The van der Waals surface area contributed by atoms with Gasteiger partial charge in [0.05, 0.1) is 0 Å². The molecule has 24 heavy (non-hydrogen) atoms. The molecule has 0 amide bonds. The molecule has 0 aliphatic carbocycles. The first kappa shape index (κ1) is 18.3. The van der Waals surface area contributed by atoms with Crippen LogP contribution >= 0.6 is 0 Å². The summed E-state index contributed by atoms with van der Waals surface area (Å²) in [4.78, 5) is 0. The van der Waals surface area contributed by atoms with Crippen molar-refractivity contribution in [1.29, 1.82) is 0 Å². The normalized spacial score (nSPS) is 12.1. The zero-order valence-corrected chi connectivity index (χ0v) is 15.6. The van der Waals surface area contributed by atoms with E-state index in [4.69, 9.17) is 0 Å². The van der Waals surface area contributed by atoms with E-state index in [2.05, 4.69) is 88.4 Å². The van der Waals surface area contributed by atoms with Crippen molar-refractivity contribution in [2.75, 3.05) is 0 Å². The lowest BCUT2D eigenvalue weighted by molar-refractivity contribution is 0.795. The smallest absolute Gasteiger partial charge is 0.00829 e. The third-order valence-electron chi connectivity index (χ3n) is 4.61. The first-order valence-electron chi connectivity index (χ1n) is 9.13. The Morgan fingerprint density at radius 2 is 1.88 bits per heavy atom. The van der Waals surface area contributed by atoms with Gasteiger partial charge in [-0.3, -0.25) is 0 Å². The van der Waals surface area contributed by atoms with Crippen LogP contribution in [0.1, 0.15) is 61.4 Å². The van der Waals surface area contributed by atoms with Gasteiger partial charge in [-0.05, 0) is 73.4 Å². The zero-order chi connectivity index (χ0) is 17.4. The zero-order valence-electron chi connectivity index (χ0n) is 15.6. The van der Waals surface area contributed by atoms with Crippen molar-refractivity contribution in [2.45, 2.75) is 53.4 Å². The van der Waals surface area contributed by atoms with Crippen molar-refractivity contribution in [3.05, 3.63) is 82.4 Å². The highest BCUT2D eigenvalue weighted by molar-refractivity contribution is 5.65. The van der Waals surface area contributed by atoms with Crippen LogP contribution in [0.5, 0.6) is 0 Å². The van der Waals surface area contributed by atoms with Crippen LogP contribution < -0.4 is 0 Å². The van der Waals surface area contributed by atoms with Crippen LogP contribution in [0.2, 0.25) is 0 Å². The molecule has 0 bridgehead atoms. The fraction of sp³-hybridized carbons (Fsp3) is 0.333. The average Bonchev–Trinajstić information content (AvgIpc) is 2.59. The lowest BCUT2D eigenvalue weighted by Gasteiger charge is -2.10. The van der Waals surface area contributed by atoms with Crippen molar-refractivity contribution in [3.8, 4) is 0 Å². The predicted molar refractivity (Wildman–Crippen MR) is 108 cm³/mol. The third kappa shape index (κ3) is 4.96. The minimum atomic E-state index is 0.983. The van der Waals surface area contributed by atoms with Gasteiger partial charge >= 0.3 is 0 Å². The van der Waals surface area contributed by atoms with Gasteiger partial charge in [0.2, 0.25) is 0 Å². The summed E-state index contributed by atoms with van der Waals surface area (Å²) >= 11 is 0. The Bertz CT molecular complexity index is 717. The second-order valence-electron chi connectivity index (χ2n) is 6.54. The molecule has 0 heterocycles. The standard InChI is InChI=1S/C24H30/c1-5-7-12-21-13-9-15-23(18-21)19(3)16-17-24-20(4)11-8-14-22(24)10-6-2/h6,8-11,13-16,18H,5,7,12,17H2,1-4H3/b10-6+,19-16+. The second kappa shape index (κ2) is 9.27. The summed E-state index contributed by atoms with van der Waals surface area (Å²) in [5.74, 6) is 0. The molecule has 0 atom stereocenters. The molecule has 0 N–H and O–H groups in total. The molecule has 2 aromatic rings. The van der Waals surface area contributed by atoms with E-state index in [9.17, 15) is 0 Å². The fourth-order valence-corrected chi connectivity index (χ4v) is 3.07. The van der Waals surface area contributed by atoms with E-state index in [0.29, 0.717) is 0 Å². The van der Waals surface area contributed by atoms with Gasteiger partial charge < -0.3 is 0 Å². The molecule has 0 unspecified atom stereocenters. The summed E-state index contributed by atoms with van der Waals surface area (Å²) in [6.07, 6.45) is 11.4. The minimum Gasteiger partial charge on any atom is -0.0871 e. The second-order valence-corrected chi connectivity index (χ2v) is 6.54. The van der Waals surface area contributed by atoms with Crippen molar-refractivity contribution in [2.24, 2.45) is 0 Å². The van der Waals surface area contributed by atoms with Gasteiger partial charge in [-0.15, -0.1) is 0 Å². The molecule has 0 fully saturated rings. The van der Waals surface area contributed by atoms with Crippen LogP contribution in [0, 0.1) is 6.92 Å². The highest BCUT2D eigenvalue weighted by Gasteiger charge is 2.03. The summed E-state index contributed by atoms with van der Waals surface area (Å²) in [6, 6.07) is 15.6. The van der Waals surface area contributed by atoms with Crippen molar-refractivity contribution >= 4 is 11.6 Å². The molecule has 0 heteroatoms. The Hall–Kier alpha value is -2.08. The van der Waals surface area contributed by atoms with E-state index >= 15 is 0 Å². The largest absolute Gasteiger partial charge is 0.0871 e. The summed E-state index contributed by atoms with van der Waals surface area (Å²) in [7, 11) is 0. The monoisotopic (exact) mass is 318 g/mol. The lowest BCUT2D eigenvalue weighted by atomic mass is 9.96. The average molecular weight is 319 g/mol. The molecule has 0 aliphatic heterocycles. The van der Waals surface area contributed by atoms with E-state index < -0.39 is 0 Å². The van der Waals surface area contributed by atoms with Gasteiger partial charge in [-0.25, -0.2) is 0 Å². The summed E-state index contributed by atoms with van der Waals surface area (Å²) in [5, 5.41) is 0. The van der Waals surface area contributed by atoms with E-state index in [1.165, 1.54) is 52.7 Å². The maximum atomic E-state index is 2.37. The first-order valence-corrected chi connectivity index (χ1v) is 9.13. The van der Waals surface area contributed by atoms with E-state index in [0.717, 1.165) is 6.42 Å². The van der Waals surface area contributed by atoms with Gasteiger partial charge in [0.1, 0.15) is 0 Å². The number of aryl methyl sites for hydroxylation is 2. The van der Waals surface area contributed by atoms with Crippen LogP contribution in [-0.2, 0) is 12.8 Å². The SMILES string of the molecule is C/C=C/c1cccc(C)c1C/C=C(\C)c1cccc(CCCC)c1. The molecule has 0 saturated heterocycles. The topological polar surface area (TPSA) is 0 Å². The molecular weight excluding hydrogens is 288 g/mol. The maximum absolute atomic E-state index is 2.37. The molecule has 2 rings (SSSR count). The number of hydrogen-bond acceptors (Lipinski definition) is 0. The lowest BCUT2D eigenvalue weighted by Crippen LogP contribution is -1.93. The van der Waals surface area contributed by atoms with E-state index in [1.807, 2.05) is 0 Å². The Morgan fingerprint density at radius 3 is 2.62 bits per heavy atom. The van der Waals surface area contributed by atoms with Crippen LogP contribution in [0.15, 0.2) is 54.6 Å². The van der Waals surface area contributed by atoms with Crippen LogP contribution in [-0.4, -0.2) is 0 Å². The highest BCUT2D eigenvalue weighted by atomic mass is 14.1. The third-order valence-corrected chi connectivity index (χ3v) is 4.61. The summed E-state index contributed by atoms with van der Waals surface area (Å²) < 4.78 is 0. The van der Waals surface area contributed by atoms with Gasteiger partial charge in [-0.1, -0.05) is 74.0 Å². The molecule has 0 saturated carbocycles. The summed E-state index contributed by atoms with van der Waals surface area (Å²) in [6.45, 7) is 8.76. The predicted octanol–water partition coefficient (Wildman–Crippen LogP) is 7.02. The van der Waals surface area contributed by atoms with Crippen molar-refractivity contribution in [3.63, 3.8) is 0 Å². The molecule has 0 aromatic heterocycles. The van der Waals surface area contributed by atoms with E-state index in [-0.39, 0.29) is 0 Å². The van der Waals surface area contributed by atoms with Crippen LogP contribution in [0.4, 0.5) is 0 Å². The van der Waals surface area contributed by atoms with Gasteiger partial charge in [0.15, 0.2) is 0 Å². The van der Waals surface area contributed by atoms with Gasteiger partial charge in [0.25, 0.3) is 0 Å². The van der Waals surface area contributed by atoms with Gasteiger partial charge in [-0.2, -0.15) is 0 Å².